The minimum atomic E-state index is 0.210. The largest absolute Gasteiger partial charge is 0.458 e. The molecule has 3 nitrogen and oxygen atoms in total. The van der Waals surface area contributed by atoms with E-state index in [4.69, 9.17) is 14.9 Å². The van der Waals surface area contributed by atoms with E-state index in [1.165, 1.54) is 0 Å². The number of ether oxygens (including phenoxy) is 1. The van der Waals surface area contributed by atoms with Gasteiger partial charge in [0.2, 0.25) is 0 Å². The number of rotatable bonds is 4. The second kappa shape index (κ2) is 4.68. The van der Waals surface area contributed by atoms with Crippen molar-refractivity contribution in [3.05, 3.63) is 35.6 Å². The Kier molecular flexibility index (Phi) is 3.27. The van der Waals surface area contributed by atoms with Crippen molar-refractivity contribution in [2.45, 2.75) is 33.1 Å². The first-order valence-electron chi connectivity index (χ1n) is 5.52. The van der Waals surface area contributed by atoms with Gasteiger partial charge in [-0.05, 0) is 19.9 Å². The van der Waals surface area contributed by atoms with E-state index < -0.39 is 0 Å². The lowest BCUT2D eigenvalue weighted by atomic mass is 10.1. The highest BCUT2D eigenvalue weighted by Crippen LogP contribution is 2.23. The van der Waals surface area contributed by atoms with Crippen LogP contribution in [0.25, 0.3) is 11.0 Å². The average molecular weight is 219 g/mol. The summed E-state index contributed by atoms with van der Waals surface area (Å²) in [5, 5.41) is 1.09. The van der Waals surface area contributed by atoms with Gasteiger partial charge in [-0.2, -0.15) is 0 Å². The fourth-order valence-electron chi connectivity index (χ4n) is 1.66. The van der Waals surface area contributed by atoms with E-state index in [2.05, 4.69) is 0 Å². The van der Waals surface area contributed by atoms with Crippen LogP contribution in [0.1, 0.15) is 25.2 Å². The highest BCUT2D eigenvalue weighted by atomic mass is 16.5. The third-order valence-electron chi connectivity index (χ3n) is 2.46. The maximum atomic E-state index is 5.74. The zero-order valence-electron chi connectivity index (χ0n) is 9.69. The van der Waals surface area contributed by atoms with E-state index in [1.807, 2.05) is 38.1 Å². The Balaban J connectivity index is 2.29. The number of fused-ring (bicyclic) bond motifs is 1. The number of hydrogen-bond acceptors (Lipinski definition) is 3. The number of hydrogen-bond donors (Lipinski definition) is 1. The molecule has 0 saturated heterocycles. The van der Waals surface area contributed by atoms with Gasteiger partial charge < -0.3 is 14.9 Å². The third kappa shape index (κ3) is 2.26. The molecule has 2 aromatic rings. The summed E-state index contributed by atoms with van der Waals surface area (Å²) in [5.74, 6) is 0.851. The second-order valence-corrected chi connectivity index (χ2v) is 4.11. The van der Waals surface area contributed by atoms with Gasteiger partial charge in [0.1, 0.15) is 18.0 Å². The molecule has 0 atom stereocenters. The van der Waals surface area contributed by atoms with Crippen molar-refractivity contribution in [2.24, 2.45) is 5.73 Å². The molecule has 0 unspecified atom stereocenters. The van der Waals surface area contributed by atoms with Crippen molar-refractivity contribution in [2.75, 3.05) is 0 Å². The summed E-state index contributed by atoms with van der Waals surface area (Å²) in [6.07, 6.45) is 0.210. The van der Waals surface area contributed by atoms with Gasteiger partial charge in [-0.1, -0.05) is 18.2 Å². The Morgan fingerprint density at radius 2 is 2.19 bits per heavy atom. The summed E-state index contributed by atoms with van der Waals surface area (Å²) in [5.41, 5.74) is 7.57. The number of para-hydroxylation sites is 1. The maximum absolute atomic E-state index is 5.74. The topological polar surface area (TPSA) is 48.4 Å². The lowest BCUT2D eigenvalue weighted by Gasteiger charge is -2.04. The quantitative estimate of drug-likeness (QED) is 0.860. The summed E-state index contributed by atoms with van der Waals surface area (Å²) in [4.78, 5) is 0. The molecule has 0 amide bonds. The molecule has 0 aliphatic rings. The van der Waals surface area contributed by atoms with Crippen molar-refractivity contribution < 1.29 is 9.15 Å². The minimum Gasteiger partial charge on any atom is -0.458 e. The van der Waals surface area contributed by atoms with Crippen LogP contribution in [0.3, 0.4) is 0 Å². The Hall–Kier alpha value is -1.32. The monoisotopic (exact) mass is 219 g/mol. The Morgan fingerprint density at radius 1 is 1.38 bits per heavy atom. The molecule has 86 valence electrons. The molecule has 2 N–H and O–H groups in total. The first kappa shape index (κ1) is 11.2. The van der Waals surface area contributed by atoms with Gasteiger partial charge in [0.25, 0.3) is 0 Å². The van der Waals surface area contributed by atoms with E-state index in [0.717, 1.165) is 22.3 Å². The molecular weight excluding hydrogens is 202 g/mol. The smallest absolute Gasteiger partial charge is 0.138 e. The Bertz CT molecular complexity index is 474. The van der Waals surface area contributed by atoms with Crippen LogP contribution in [0.4, 0.5) is 0 Å². The van der Waals surface area contributed by atoms with Crippen LogP contribution < -0.4 is 5.73 Å². The molecule has 16 heavy (non-hydrogen) atoms. The Labute approximate surface area is 95.2 Å². The lowest BCUT2D eigenvalue weighted by Crippen LogP contribution is -2.01. The maximum Gasteiger partial charge on any atom is 0.138 e. The fraction of sp³-hybridized carbons (Fsp3) is 0.385. The van der Waals surface area contributed by atoms with Crippen molar-refractivity contribution >= 4 is 11.0 Å². The van der Waals surface area contributed by atoms with E-state index >= 15 is 0 Å². The molecule has 0 aliphatic heterocycles. The van der Waals surface area contributed by atoms with Gasteiger partial charge in [-0.15, -0.1) is 0 Å². The first-order chi connectivity index (χ1) is 7.70. The second-order valence-electron chi connectivity index (χ2n) is 4.11. The van der Waals surface area contributed by atoms with Crippen LogP contribution in [-0.2, 0) is 17.9 Å². The molecule has 0 saturated carbocycles. The van der Waals surface area contributed by atoms with Crippen molar-refractivity contribution in [1.29, 1.82) is 0 Å². The van der Waals surface area contributed by atoms with Gasteiger partial charge in [-0.3, -0.25) is 0 Å². The molecule has 0 fully saturated rings. The van der Waals surface area contributed by atoms with Gasteiger partial charge in [0.15, 0.2) is 0 Å². The minimum absolute atomic E-state index is 0.210. The number of benzene rings is 1. The average Bonchev–Trinajstić information content (AvgIpc) is 2.68. The van der Waals surface area contributed by atoms with Crippen LogP contribution in [-0.4, -0.2) is 6.10 Å². The predicted molar refractivity (Wildman–Crippen MR) is 64.0 cm³/mol. The molecule has 0 aliphatic carbocycles. The van der Waals surface area contributed by atoms with E-state index in [-0.39, 0.29) is 6.10 Å². The summed E-state index contributed by atoms with van der Waals surface area (Å²) in [7, 11) is 0. The van der Waals surface area contributed by atoms with E-state index in [1.54, 1.807) is 0 Å². The first-order valence-corrected chi connectivity index (χ1v) is 5.52. The fourth-order valence-corrected chi connectivity index (χ4v) is 1.66. The van der Waals surface area contributed by atoms with Crippen LogP contribution in [0.15, 0.2) is 28.7 Å². The number of nitrogens with two attached hydrogens (primary N) is 1. The summed E-state index contributed by atoms with van der Waals surface area (Å²) in [6.45, 7) is 5.02. The molecule has 3 heteroatoms. The summed E-state index contributed by atoms with van der Waals surface area (Å²) in [6, 6.07) is 8.01. The van der Waals surface area contributed by atoms with Gasteiger partial charge >= 0.3 is 0 Å². The molecule has 0 spiro atoms. The highest BCUT2D eigenvalue weighted by Gasteiger charge is 2.07. The highest BCUT2D eigenvalue weighted by molar-refractivity contribution is 5.81. The van der Waals surface area contributed by atoms with Gasteiger partial charge in [0, 0.05) is 17.5 Å². The molecule has 2 rings (SSSR count). The van der Waals surface area contributed by atoms with Crippen LogP contribution in [0.5, 0.6) is 0 Å². The van der Waals surface area contributed by atoms with Crippen LogP contribution in [0, 0.1) is 0 Å². The molecular formula is C13H17NO2. The summed E-state index contributed by atoms with van der Waals surface area (Å²) >= 11 is 0. The van der Waals surface area contributed by atoms with Crippen molar-refractivity contribution in [1.82, 2.24) is 0 Å². The molecule has 0 radical (unpaired) electrons. The SMILES string of the molecule is CC(C)OCc1cc2cccc(CN)c2o1. The standard InChI is InChI=1S/C13H17NO2/c1-9(2)15-8-12-6-10-4-3-5-11(7-14)13(10)16-12/h3-6,9H,7-8,14H2,1-2H3. The molecule has 1 aromatic carbocycles. The van der Waals surface area contributed by atoms with E-state index in [0.29, 0.717) is 13.2 Å². The van der Waals surface area contributed by atoms with Crippen molar-refractivity contribution in [3.8, 4) is 0 Å². The van der Waals surface area contributed by atoms with Gasteiger partial charge in [-0.25, -0.2) is 0 Å². The van der Waals surface area contributed by atoms with Crippen LogP contribution >= 0.6 is 0 Å². The Morgan fingerprint density at radius 3 is 2.88 bits per heavy atom. The predicted octanol–water partition coefficient (Wildman–Crippen LogP) is 2.82. The lowest BCUT2D eigenvalue weighted by molar-refractivity contribution is 0.0553. The third-order valence-corrected chi connectivity index (χ3v) is 2.46. The molecule has 1 heterocycles. The van der Waals surface area contributed by atoms with Crippen LogP contribution in [0.2, 0.25) is 0 Å². The molecule has 0 bridgehead atoms. The normalized spacial score (nSPS) is 11.5. The van der Waals surface area contributed by atoms with E-state index in [9.17, 15) is 0 Å². The zero-order chi connectivity index (χ0) is 11.5. The number of furan rings is 1. The molecule has 1 aromatic heterocycles. The summed E-state index contributed by atoms with van der Waals surface area (Å²) < 4.78 is 11.2. The van der Waals surface area contributed by atoms with Crippen molar-refractivity contribution in [3.63, 3.8) is 0 Å². The van der Waals surface area contributed by atoms with Gasteiger partial charge in [0.05, 0.1) is 6.10 Å². The zero-order valence-corrected chi connectivity index (χ0v) is 9.69.